The van der Waals surface area contributed by atoms with Gasteiger partial charge in [0.15, 0.2) is 0 Å². The maximum Gasteiger partial charge on any atom is 0.146 e. The SMILES string of the molecule is C1CCCCOCOCCCC1. The molecule has 12 heavy (non-hydrogen) atoms. The van der Waals surface area contributed by atoms with Crippen LogP contribution in [-0.2, 0) is 9.47 Å². The molecule has 0 aromatic carbocycles. The average molecular weight is 172 g/mol. The summed E-state index contributed by atoms with van der Waals surface area (Å²) in [5.74, 6) is 0. The van der Waals surface area contributed by atoms with Crippen molar-refractivity contribution in [2.45, 2.75) is 44.9 Å². The standard InChI is InChI=1S/C10H20O2/c1-2-4-6-8-11-10-12-9-7-5-3-1/h1-10H2. The molecular formula is C10H20O2. The predicted molar refractivity (Wildman–Crippen MR) is 49.1 cm³/mol. The minimum atomic E-state index is 0.500. The summed E-state index contributed by atoms with van der Waals surface area (Å²) in [5, 5.41) is 0. The minimum Gasteiger partial charge on any atom is -0.355 e. The van der Waals surface area contributed by atoms with Crippen molar-refractivity contribution in [1.82, 2.24) is 0 Å². The Morgan fingerprint density at radius 2 is 0.917 bits per heavy atom. The Bertz CT molecular complexity index is 50.8. The highest BCUT2D eigenvalue weighted by atomic mass is 16.7. The van der Waals surface area contributed by atoms with Crippen LogP contribution < -0.4 is 0 Å². The summed E-state index contributed by atoms with van der Waals surface area (Å²) >= 11 is 0. The van der Waals surface area contributed by atoms with Crippen molar-refractivity contribution < 1.29 is 9.47 Å². The highest BCUT2D eigenvalue weighted by molar-refractivity contribution is 4.46. The Hall–Kier alpha value is -0.0800. The van der Waals surface area contributed by atoms with Crippen LogP contribution in [-0.4, -0.2) is 20.0 Å². The lowest BCUT2D eigenvalue weighted by molar-refractivity contribution is -0.0561. The van der Waals surface area contributed by atoms with E-state index in [-0.39, 0.29) is 0 Å². The van der Waals surface area contributed by atoms with Crippen LogP contribution in [0.15, 0.2) is 0 Å². The molecule has 0 N–H and O–H groups in total. The molecule has 72 valence electrons. The highest BCUT2D eigenvalue weighted by Crippen LogP contribution is 2.08. The molecule has 1 rings (SSSR count). The van der Waals surface area contributed by atoms with Crippen LogP contribution in [0.3, 0.4) is 0 Å². The molecule has 0 aromatic rings. The highest BCUT2D eigenvalue weighted by Gasteiger charge is 1.95. The maximum absolute atomic E-state index is 5.28. The van der Waals surface area contributed by atoms with Gasteiger partial charge in [0, 0.05) is 13.2 Å². The van der Waals surface area contributed by atoms with E-state index in [1.807, 2.05) is 0 Å². The lowest BCUT2D eigenvalue weighted by Gasteiger charge is -2.08. The summed E-state index contributed by atoms with van der Waals surface area (Å²) < 4.78 is 10.6. The Labute approximate surface area is 75.2 Å². The topological polar surface area (TPSA) is 18.5 Å². The maximum atomic E-state index is 5.28. The van der Waals surface area contributed by atoms with Gasteiger partial charge < -0.3 is 9.47 Å². The van der Waals surface area contributed by atoms with Gasteiger partial charge in [-0.05, 0) is 12.8 Å². The van der Waals surface area contributed by atoms with Crippen LogP contribution >= 0.6 is 0 Å². The molecule has 1 aliphatic heterocycles. The van der Waals surface area contributed by atoms with Gasteiger partial charge >= 0.3 is 0 Å². The second kappa shape index (κ2) is 7.56. The summed E-state index contributed by atoms with van der Waals surface area (Å²) in [6, 6.07) is 0. The molecule has 0 unspecified atom stereocenters. The van der Waals surface area contributed by atoms with Gasteiger partial charge in [0.25, 0.3) is 0 Å². The molecule has 0 aliphatic carbocycles. The van der Waals surface area contributed by atoms with Gasteiger partial charge in [-0.25, -0.2) is 0 Å². The Balaban J connectivity index is 2.00. The van der Waals surface area contributed by atoms with Gasteiger partial charge in [0.2, 0.25) is 0 Å². The zero-order valence-corrected chi connectivity index (χ0v) is 7.89. The molecule has 2 nitrogen and oxygen atoms in total. The second-order valence-corrected chi connectivity index (χ2v) is 3.41. The smallest absolute Gasteiger partial charge is 0.146 e. The van der Waals surface area contributed by atoms with Crippen LogP contribution in [0.2, 0.25) is 0 Å². The first kappa shape index (κ1) is 10.0. The molecule has 0 spiro atoms. The molecule has 2 heteroatoms. The van der Waals surface area contributed by atoms with Gasteiger partial charge in [-0.15, -0.1) is 0 Å². The molecular weight excluding hydrogens is 152 g/mol. The van der Waals surface area contributed by atoms with Gasteiger partial charge in [0.1, 0.15) is 6.79 Å². The van der Waals surface area contributed by atoms with Gasteiger partial charge in [-0.2, -0.15) is 0 Å². The van der Waals surface area contributed by atoms with E-state index in [9.17, 15) is 0 Å². The molecule has 0 atom stereocenters. The van der Waals surface area contributed by atoms with Crippen molar-refractivity contribution in [3.8, 4) is 0 Å². The van der Waals surface area contributed by atoms with Crippen molar-refractivity contribution in [1.29, 1.82) is 0 Å². The summed E-state index contributed by atoms with van der Waals surface area (Å²) in [4.78, 5) is 0. The van der Waals surface area contributed by atoms with Crippen LogP contribution in [0.4, 0.5) is 0 Å². The summed E-state index contributed by atoms with van der Waals surface area (Å²) in [6.07, 6.45) is 9.18. The second-order valence-electron chi connectivity index (χ2n) is 3.41. The lowest BCUT2D eigenvalue weighted by Crippen LogP contribution is -2.03. The van der Waals surface area contributed by atoms with E-state index < -0.39 is 0 Å². The Morgan fingerprint density at radius 3 is 1.42 bits per heavy atom. The molecule has 0 amide bonds. The van der Waals surface area contributed by atoms with Crippen LogP contribution in [0.1, 0.15) is 44.9 Å². The van der Waals surface area contributed by atoms with E-state index in [0.717, 1.165) is 13.2 Å². The molecule has 1 fully saturated rings. The summed E-state index contributed by atoms with van der Waals surface area (Å²) in [6.45, 7) is 2.25. The third-order valence-electron chi connectivity index (χ3n) is 2.24. The van der Waals surface area contributed by atoms with Crippen LogP contribution in [0.5, 0.6) is 0 Å². The number of hydrogen-bond donors (Lipinski definition) is 0. The van der Waals surface area contributed by atoms with Gasteiger partial charge in [0.05, 0.1) is 0 Å². The van der Waals surface area contributed by atoms with Gasteiger partial charge in [-0.1, -0.05) is 32.1 Å². The van der Waals surface area contributed by atoms with E-state index in [2.05, 4.69) is 0 Å². The summed E-state index contributed by atoms with van der Waals surface area (Å²) in [7, 11) is 0. The largest absolute Gasteiger partial charge is 0.355 e. The first-order chi connectivity index (χ1) is 6.00. The van der Waals surface area contributed by atoms with Crippen molar-refractivity contribution in [3.63, 3.8) is 0 Å². The Kier molecular flexibility index (Phi) is 6.30. The zero-order valence-electron chi connectivity index (χ0n) is 7.89. The molecule has 0 radical (unpaired) electrons. The third-order valence-corrected chi connectivity index (χ3v) is 2.24. The van der Waals surface area contributed by atoms with Crippen molar-refractivity contribution in [2.75, 3.05) is 20.0 Å². The van der Waals surface area contributed by atoms with Crippen molar-refractivity contribution >= 4 is 0 Å². The molecule has 1 aliphatic rings. The van der Waals surface area contributed by atoms with E-state index in [4.69, 9.17) is 9.47 Å². The van der Waals surface area contributed by atoms with Crippen LogP contribution in [0.25, 0.3) is 0 Å². The van der Waals surface area contributed by atoms with Gasteiger partial charge in [-0.3, -0.25) is 0 Å². The predicted octanol–water partition coefficient (Wildman–Crippen LogP) is 2.72. The average Bonchev–Trinajstić information content (AvgIpc) is 2.05. The minimum absolute atomic E-state index is 0.500. The fourth-order valence-corrected chi connectivity index (χ4v) is 1.47. The first-order valence-corrected chi connectivity index (χ1v) is 5.15. The molecule has 1 saturated heterocycles. The zero-order chi connectivity index (χ0) is 8.49. The molecule has 1 heterocycles. The third kappa shape index (κ3) is 5.56. The summed E-state index contributed by atoms with van der Waals surface area (Å²) in [5.41, 5.74) is 0. The molecule has 0 aromatic heterocycles. The quantitative estimate of drug-likeness (QED) is 0.559. The van der Waals surface area contributed by atoms with E-state index >= 15 is 0 Å². The van der Waals surface area contributed by atoms with Crippen molar-refractivity contribution in [3.05, 3.63) is 0 Å². The van der Waals surface area contributed by atoms with E-state index in [1.54, 1.807) is 0 Å². The normalized spacial score (nSPS) is 24.0. The molecule has 0 saturated carbocycles. The number of hydrogen-bond acceptors (Lipinski definition) is 2. The Morgan fingerprint density at radius 1 is 0.500 bits per heavy atom. The lowest BCUT2D eigenvalue weighted by atomic mass is 10.1. The number of rotatable bonds is 0. The monoisotopic (exact) mass is 172 g/mol. The van der Waals surface area contributed by atoms with E-state index in [0.29, 0.717) is 6.79 Å². The van der Waals surface area contributed by atoms with E-state index in [1.165, 1.54) is 44.9 Å². The fraction of sp³-hybridized carbons (Fsp3) is 1.00. The number of ether oxygens (including phenoxy) is 2. The van der Waals surface area contributed by atoms with Crippen molar-refractivity contribution in [2.24, 2.45) is 0 Å². The van der Waals surface area contributed by atoms with Crippen LogP contribution in [0, 0.1) is 0 Å². The fourth-order valence-electron chi connectivity index (χ4n) is 1.47. The first-order valence-electron chi connectivity index (χ1n) is 5.15. The molecule has 0 bridgehead atoms.